The molecule has 0 saturated carbocycles. The summed E-state index contributed by atoms with van der Waals surface area (Å²) >= 11 is 14.6. The molecular weight excluding hydrogens is 398 g/mol. The van der Waals surface area contributed by atoms with Crippen molar-refractivity contribution in [3.8, 4) is 11.5 Å². The third kappa shape index (κ3) is 3.06. The van der Waals surface area contributed by atoms with Gasteiger partial charge in [-0.05, 0) is 77.4 Å². The molecule has 1 heterocycles. The molecule has 1 aromatic heterocycles. The summed E-state index contributed by atoms with van der Waals surface area (Å²) in [5.41, 5.74) is 10.7. The van der Waals surface area contributed by atoms with Crippen LogP contribution < -0.4 is 11.1 Å². The monoisotopic (exact) mass is 409 g/mol. The van der Waals surface area contributed by atoms with Crippen LogP contribution in [0.2, 0.25) is 5.02 Å². The number of hydrogen-bond acceptors (Lipinski definition) is 3. The Morgan fingerprint density at radius 2 is 2.09 bits per heavy atom. The molecule has 0 aliphatic carbocycles. The zero-order valence-electron chi connectivity index (χ0n) is 12.4. The van der Waals surface area contributed by atoms with Crippen LogP contribution in [0, 0.1) is 13.8 Å². The lowest BCUT2D eigenvalue weighted by Crippen LogP contribution is -2.19. The second-order valence-electron chi connectivity index (χ2n) is 5.18. The third-order valence-corrected chi connectivity index (χ3v) is 4.98. The topological polar surface area (TPSA) is 64.1 Å². The highest BCUT2D eigenvalue weighted by Gasteiger charge is 2.15. The smallest absolute Gasteiger partial charge is 0.227 e. The first kappa shape index (κ1) is 16.2. The quantitative estimate of drug-likeness (QED) is 0.570. The highest BCUT2D eigenvalue weighted by atomic mass is 79.9. The Balaban J connectivity index is 2.14. The average Bonchev–Trinajstić information content (AvgIpc) is 2.90. The Kier molecular flexibility index (Phi) is 4.31. The van der Waals surface area contributed by atoms with Gasteiger partial charge in [-0.25, -0.2) is 4.98 Å². The SMILES string of the molecule is Cc1cc2nc(-c3ccc(Cl)c(NC(N)=S)c3)oc2c(Br)c1C. The van der Waals surface area contributed by atoms with Crippen LogP contribution in [0.1, 0.15) is 11.1 Å². The van der Waals surface area contributed by atoms with Crippen LogP contribution >= 0.6 is 39.7 Å². The molecule has 0 aliphatic rings. The maximum absolute atomic E-state index is 6.14. The fourth-order valence-corrected chi connectivity index (χ4v) is 3.13. The molecule has 23 heavy (non-hydrogen) atoms. The minimum Gasteiger partial charge on any atom is -0.435 e. The molecular formula is C16H13BrClN3OS. The van der Waals surface area contributed by atoms with E-state index >= 15 is 0 Å². The van der Waals surface area contributed by atoms with E-state index in [1.54, 1.807) is 12.1 Å². The summed E-state index contributed by atoms with van der Waals surface area (Å²) in [5, 5.41) is 3.51. The number of aromatic nitrogens is 1. The maximum Gasteiger partial charge on any atom is 0.227 e. The summed E-state index contributed by atoms with van der Waals surface area (Å²) < 4.78 is 6.85. The number of aryl methyl sites for hydroxylation is 1. The highest BCUT2D eigenvalue weighted by Crippen LogP contribution is 2.35. The van der Waals surface area contributed by atoms with E-state index in [0.717, 1.165) is 32.3 Å². The minimum absolute atomic E-state index is 0.149. The Morgan fingerprint density at radius 3 is 2.78 bits per heavy atom. The Morgan fingerprint density at radius 1 is 1.35 bits per heavy atom. The lowest BCUT2D eigenvalue weighted by molar-refractivity contribution is 0.617. The summed E-state index contributed by atoms with van der Waals surface area (Å²) in [5.74, 6) is 0.508. The first-order valence-electron chi connectivity index (χ1n) is 6.79. The molecule has 118 valence electrons. The van der Waals surface area contributed by atoms with Crippen molar-refractivity contribution < 1.29 is 4.42 Å². The molecule has 0 fully saturated rings. The molecule has 3 N–H and O–H groups in total. The molecule has 0 radical (unpaired) electrons. The van der Waals surface area contributed by atoms with Gasteiger partial charge >= 0.3 is 0 Å². The number of anilines is 1. The first-order valence-corrected chi connectivity index (χ1v) is 8.37. The zero-order valence-corrected chi connectivity index (χ0v) is 15.6. The van der Waals surface area contributed by atoms with Crippen molar-refractivity contribution in [1.82, 2.24) is 4.98 Å². The van der Waals surface area contributed by atoms with Crippen LogP contribution in [-0.4, -0.2) is 10.1 Å². The second kappa shape index (κ2) is 6.11. The lowest BCUT2D eigenvalue weighted by atomic mass is 10.1. The van der Waals surface area contributed by atoms with Crippen molar-refractivity contribution >= 4 is 61.6 Å². The molecule has 0 aliphatic heterocycles. The summed E-state index contributed by atoms with van der Waals surface area (Å²) in [6, 6.07) is 7.40. The van der Waals surface area contributed by atoms with Gasteiger partial charge in [0.25, 0.3) is 0 Å². The third-order valence-electron chi connectivity index (χ3n) is 3.60. The van der Waals surface area contributed by atoms with E-state index in [0.29, 0.717) is 16.6 Å². The first-order chi connectivity index (χ1) is 10.9. The molecule has 0 bridgehead atoms. The lowest BCUT2D eigenvalue weighted by Gasteiger charge is -2.07. The average molecular weight is 411 g/mol. The fourth-order valence-electron chi connectivity index (χ4n) is 2.25. The standard InChI is InChI=1S/C16H13BrClN3OS/c1-7-5-12-14(13(17)8(7)2)22-15(20-12)9-3-4-10(18)11(6-9)21-16(19)23/h3-6H,1-2H3,(H3,19,21,23). The molecule has 0 saturated heterocycles. The van der Waals surface area contributed by atoms with Gasteiger partial charge in [0.2, 0.25) is 5.89 Å². The van der Waals surface area contributed by atoms with E-state index < -0.39 is 0 Å². The molecule has 7 heteroatoms. The Hall–Kier alpha value is -1.63. The second-order valence-corrected chi connectivity index (χ2v) is 6.82. The number of halogens is 2. The highest BCUT2D eigenvalue weighted by molar-refractivity contribution is 9.10. The number of thiocarbonyl (C=S) groups is 1. The van der Waals surface area contributed by atoms with Crippen molar-refractivity contribution in [1.29, 1.82) is 0 Å². The number of hydrogen-bond donors (Lipinski definition) is 2. The summed E-state index contributed by atoms with van der Waals surface area (Å²) in [4.78, 5) is 4.56. The molecule has 3 rings (SSSR count). The van der Waals surface area contributed by atoms with Gasteiger partial charge in [-0.15, -0.1) is 0 Å². The Bertz CT molecular complexity index is 939. The predicted molar refractivity (Wildman–Crippen MR) is 102 cm³/mol. The van der Waals surface area contributed by atoms with Gasteiger partial charge in [-0.1, -0.05) is 11.6 Å². The predicted octanol–water partition coefficient (Wildman–Crippen LogP) is 5.18. The number of nitrogens with one attached hydrogen (secondary N) is 1. The van der Waals surface area contributed by atoms with Crippen LogP contribution in [0.15, 0.2) is 33.2 Å². The molecule has 0 amide bonds. The zero-order chi connectivity index (χ0) is 16.7. The van der Waals surface area contributed by atoms with E-state index in [4.69, 9.17) is 34.0 Å². The van der Waals surface area contributed by atoms with Crippen molar-refractivity contribution in [3.63, 3.8) is 0 Å². The van der Waals surface area contributed by atoms with Crippen LogP contribution in [0.4, 0.5) is 5.69 Å². The minimum atomic E-state index is 0.149. The summed E-state index contributed by atoms with van der Waals surface area (Å²) in [6.45, 7) is 4.08. The number of nitrogens with two attached hydrogens (primary N) is 1. The fraction of sp³-hybridized carbons (Fsp3) is 0.125. The molecule has 0 spiro atoms. The molecule has 3 aromatic rings. The maximum atomic E-state index is 6.14. The van der Waals surface area contributed by atoms with E-state index in [1.165, 1.54) is 0 Å². The van der Waals surface area contributed by atoms with Gasteiger partial charge in [0.05, 0.1) is 15.2 Å². The van der Waals surface area contributed by atoms with Gasteiger partial charge in [-0.2, -0.15) is 0 Å². The molecule has 0 atom stereocenters. The summed E-state index contributed by atoms with van der Waals surface area (Å²) in [7, 11) is 0. The van der Waals surface area contributed by atoms with Gasteiger partial charge in [0.1, 0.15) is 5.52 Å². The number of oxazole rings is 1. The normalized spacial score (nSPS) is 11.0. The van der Waals surface area contributed by atoms with Crippen molar-refractivity contribution in [3.05, 3.63) is 44.9 Å². The van der Waals surface area contributed by atoms with E-state index in [2.05, 4.69) is 26.2 Å². The Labute approximate surface area is 152 Å². The number of nitrogens with zero attached hydrogens (tertiary/aromatic N) is 1. The molecule has 0 unspecified atom stereocenters. The van der Waals surface area contributed by atoms with Crippen molar-refractivity contribution in [2.24, 2.45) is 5.73 Å². The van der Waals surface area contributed by atoms with E-state index in [9.17, 15) is 0 Å². The summed E-state index contributed by atoms with van der Waals surface area (Å²) in [6.07, 6.45) is 0. The van der Waals surface area contributed by atoms with Crippen molar-refractivity contribution in [2.75, 3.05) is 5.32 Å². The molecule has 2 aromatic carbocycles. The van der Waals surface area contributed by atoms with E-state index in [-0.39, 0.29) is 5.11 Å². The van der Waals surface area contributed by atoms with Gasteiger partial charge in [-0.3, -0.25) is 0 Å². The van der Waals surface area contributed by atoms with Crippen LogP contribution in [-0.2, 0) is 0 Å². The van der Waals surface area contributed by atoms with Crippen molar-refractivity contribution in [2.45, 2.75) is 13.8 Å². The van der Waals surface area contributed by atoms with Crippen LogP contribution in [0.3, 0.4) is 0 Å². The number of benzene rings is 2. The van der Waals surface area contributed by atoms with Gasteiger partial charge in [0, 0.05) is 5.56 Å². The van der Waals surface area contributed by atoms with Gasteiger partial charge in [0.15, 0.2) is 10.7 Å². The van der Waals surface area contributed by atoms with Gasteiger partial charge < -0.3 is 15.5 Å². The number of rotatable bonds is 2. The van der Waals surface area contributed by atoms with Crippen LogP contribution in [0.25, 0.3) is 22.6 Å². The number of fused-ring (bicyclic) bond motifs is 1. The molecule has 4 nitrogen and oxygen atoms in total. The van der Waals surface area contributed by atoms with E-state index in [1.807, 2.05) is 26.0 Å². The largest absolute Gasteiger partial charge is 0.435 e. The van der Waals surface area contributed by atoms with Crippen LogP contribution in [0.5, 0.6) is 0 Å².